The highest BCUT2D eigenvalue weighted by Crippen LogP contribution is 2.27. The molecule has 0 heterocycles. The van der Waals surface area contributed by atoms with E-state index in [9.17, 15) is 23.3 Å². The quantitative estimate of drug-likeness (QED) is 0.469. The normalized spacial score (nSPS) is 11.0. The smallest absolute Gasteiger partial charge is 0.338 e. The van der Waals surface area contributed by atoms with Gasteiger partial charge in [-0.1, -0.05) is 0 Å². The summed E-state index contributed by atoms with van der Waals surface area (Å²) in [6.07, 6.45) is 0. The molecule has 0 amide bonds. The molecule has 9 heteroatoms. The fraction of sp³-hybridized carbons (Fsp3) is 0.235. The van der Waals surface area contributed by atoms with E-state index in [0.717, 1.165) is 6.07 Å². The number of carbonyl (C=O) groups excluding carboxylic acids is 1. The summed E-state index contributed by atoms with van der Waals surface area (Å²) in [5.41, 5.74) is 1.13. The van der Waals surface area contributed by atoms with E-state index in [2.05, 4.69) is 4.72 Å². The molecule has 2 aromatic carbocycles. The zero-order valence-electron chi connectivity index (χ0n) is 14.5. The van der Waals surface area contributed by atoms with Crippen molar-refractivity contribution in [2.45, 2.75) is 25.7 Å². The van der Waals surface area contributed by atoms with Gasteiger partial charge in [-0.15, -0.1) is 0 Å². The lowest BCUT2D eigenvalue weighted by atomic mass is 10.1. The molecule has 1 N–H and O–H groups in total. The molecule has 0 saturated carbocycles. The van der Waals surface area contributed by atoms with Gasteiger partial charge in [-0.3, -0.25) is 14.8 Å². The van der Waals surface area contributed by atoms with Crippen molar-refractivity contribution in [2.24, 2.45) is 0 Å². The number of benzene rings is 2. The Labute approximate surface area is 151 Å². The molecule has 0 bridgehead atoms. The first-order valence-electron chi connectivity index (χ1n) is 7.71. The van der Waals surface area contributed by atoms with E-state index in [0.29, 0.717) is 11.1 Å². The molecule has 0 fully saturated rings. The Morgan fingerprint density at radius 2 is 1.81 bits per heavy atom. The van der Waals surface area contributed by atoms with Gasteiger partial charge in [0.25, 0.3) is 15.7 Å². The molecule has 2 rings (SSSR count). The highest BCUT2D eigenvalue weighted by Gasteiger charge is 2.22. The van der Waals surface area contributed by atoms with Gasteiger partial charge >= 0.3 is 5.97 Å². The maximum Gasteiger partial charge on any atom is 0.338 e. The number of nitro benzene ring substituents is 1. The standard InChI is InChI=1S/C17H18N2O6S/c1-4-25-17(20)13-5-7-14(8-6-13)18-26(23,24)16-10-15(19(21)22)9-11(2)12(16)3/h5-10,18H,4H2,1-3H3. The second kappa shape index (κ2) is 7.52. The van der Waals surface area contributed by atoms with Crippen LogP contribution in [-0.4, -0.2) is 25.9 Å². The van der Waals surface area contributed by atoms with Gasteiger partial charge in [0.05, 0.1) is 22.0 Å². The SMILES string of the molecule is CCOC(=O)c1ccc(NS(=O)(=O)c2cc([N+](=O)[O-])cc(C)c2C)cc1. The highest BCUT2D eigenvalue weighted by atomic mass is 32.2. The lowest BCUT2D eigenvalue weighted by Gasteiger charge is -2.12. The first kappa shape index (κ1) is 19.4. The molecule has 2 aromatic rings. The van der Waals surface area contributed by atoms with E-state index in [1.54, 1.807) is 20.8 Å². The third-order valence-electron chi connectivity index (χ3n) is 3.75. The number of ether oxygens (including phenoxy) is 1. The largest absolute Gasteiger partial charge is 0.462 e. The molecular weight excluding hydrogens is 360 g/mol. The Morgan fingerprint density at radius 3 is 2.35 bits per heavy atom. The van der Waals surface area contributed by atoms with E-state index in [-0.39, 0.29) is 28.4 Å². The second-order valence-electron chi connectivity index (χ2n) is 5.55. The molecule has 0 atom stereocenters. The zero-order chi connectivity index (χ0) is 19.5. The maximum absolute atomic E-state index is 12.6. The van der Waals surface area contributed by atoms with Crippen molar-refractivity contribution in [1.29, 1.82) is 0 Å². The third kappa shape index (κ3) is 4.17. The third-order valence-corrected chi connectivity index (χ3v) is 5.26. The Balaban J connectivity index is 2.35. The number of non-ortho nitro benzene ring substituents is 1. The van der Waals surface area contributed by atoms with E-state index in [4.69, 9.17) is 4.74 Å². The van der Waals surface area contributed by atoms with Crippen LogP contribution >= 0.6 is 0 Å². The van der Waals surface area contributed by atoms with Crippen LogP contribution < -0.4 is 4.72 Å². The van der Waals surface area contributed by atoms with E-state index < -0.39 is 20.9 Å². The minimum atomic E-state index is -4.04. The van der Waals surface area contributed by atoms with Gasteiger partial charge in [-0.05, 0) is 56.2 Å². The van der Waals surface area contributed by atoms with Crippen LogP contribution in [0.1, 0.15) is 28.4 Å². The van der Waals surface area contributed by atoms with Crippen molar-refractivity contribution in [3.8, 4) is 0 Å². The van der Waals surface area contributed by atoms with Crippen molar-refractivity contribution >= 4 is 27.4 Å². The molecule has 0 saturated heterocycles. The van der Waals surface area contributed by atoms with Crippen LogP contribution in [0.4, 0.5) is 11.4 Å². The van der Waals surface area contributed by atoms with Crippen LogP contribution in [0.25, 0.3) is 0 Å². The average Bonchev–Trinajstić information content (AvgIpc) is 2.57. The van der Waals surface area contributed by atoms with E-state index >= 15 is 0 Å². The summed E-state index contributed by atoms with van der Waals surface area (Å²) in [5, 5.41) is 11.0. The number of rotatable bonds is 6. The fourth-order valence-corrected chi connectivity index (χ4v) is 3.69. The lowest BCUT2D eigenvalue weighted by molar-refractivity contribution is -0.385. The van der Waals surface area contributed by atoms with Gasteiger partial charge in [0, 0.05) is 17.8 Å². The monoisotopic (exact) mass is 378 g/mol. The molecule has 26 heavy (non-hydrogen) atoms. The summed E-state index contributed by atoms with van der Waals surface area (Å²) in [7, 11) is -4.04. The minimum Gasteiger partial charge on any atom is -0.462 e. The number of sulfonamides is 1. The fourth-order valence-electron chi connectivity index (χ4n) is 2.29. The maximum atomic E-state index is 12.6. The van der Waals surface area contributed by atoms with Crippen LogP contribution in [0.5, 0.6) is 0 Å². The number of esters is 1. The lowest BCUT2D eigenvalue weighted by Crippen LogP contribution is -2.15. The number of hydrogen-bond acceptors (Lipinski definition) is 6. The Kier molecular flexibility index (Phi) is 5.61. The average molecular weight is 378 g/mol. The molecule has 0 aliphatic heterocycles. The van der Waals surface area contributed by atoms with Gasteiger partial charge in [0.15, 0.2) is 0 Å². The molecule has 0 aromatic heterocycles. The second-order valence-corrected chi connectivity index (χ2v) is 7.20. The number of carbonyl (C=O) groups is 1. The predicted octanol–water partition coefficient (Wildman–Crippen LogP) is 3.19. The summed E-state index contributed by atoms with van der Waals surface area (Å²) < 4.78 is 32.5. The summed E-state index contributed by atoms with van der Waals surface area (Å²) in [6.45, 7) is 5.11. The van der Waals surface area contributed by atoms with Crippen molar-refractivity contribution in [3.63, 3.8) is 0 Å². The Hall–Kier alpha value is -2.94. The van der Waals surface area contributed by atoms with Gasteiger partial charge in [-0.2, -0.15) is 0 Å². The molecule has 0 aliphatic rings. The van der Waals surface area contributed by atoms with Crippen molar-refractivity contribution in [3.05, 3.63) is 63.2 Å². The first-order valence-corrected chi connectivity index (χ1v) is 9.19. The molecule has 138 valence electrons. The zero-order valence-corrected chi connectivity index (χ0v) is 15.3. The molecule has 0 aliphatic carbocycles. The van der Waals surface area contributed by atoms with Crippen LogP contribution in [0, 0.1) is 24.0 Å². The van der Waals surface area contributed by atoms with E-state index in [1.165, 1.54) is 30.3 Å². The minimum absolute atomic E-state index is 0.168. The number of anilines is 1. The highest BCUT2D eigenvalue weighted by molar-refractivity contribution is 7.92. The van der Waals surface area contributed by atoms with Crippen molar-refractivity contribution in [1.82, 2.24) is 0 Å². The van der Waals surface area contributed by atoms with Crippen LogP contribution in [0.3, 0.4) is 0 Å². The van der Waals surface area contributed by atoms with Gasteiger partial charge in [-0.25, -0.2) is 13.2 Å². The number of aryl methyl sites for hydroxylation is 1. The van der Waals surface area contributed by atoms with E-state index in [1.807, 2.05) is 0 Å². The predicted molar refractivity (Wildman–Crippen MR) is 95.8 cm³/mol. The molecule has 0 radical (unpaired) electrons. The topological polar surface area (TPSA) is 116 Å². The van der Waals surface area contributed by atoms with Crippen molar-refractivity contribution in [2.75, 3.05) is 11.3 Å². The molecule has 0 spiro atoms. The summed E-state index contributed by atoms with van der Waals surface area (Å²) in [4.78, 5) is 21.8. The number of nitrogens with one attached hydrogen (secondary N) is 1. The van der Waals surface area contributed by atoms with Gasteiger partial charge < -0.3 is 4.74 Å². The molecule has 8 nitrogen and oxygen atoms in total. The first-order chi connectivity index (χ1) is 12.2. The Bertz CT molecular complexity index is 952. The summed E-state index contributed by atoms with van der Waals surface area (Å²) in [5.74, 6) is -0.507. The number of hydrogen-bond donors (Lipinski definition) is 1. The summed E-state index contributed by atoms with van der Waals surface area (Å²) >= 11 is 0. The van der Waals surface area contributed by atoms with Crippen LogP contribution in [-0.2, 0) is 14.8 Å². The van der Waals surface area contributed by atoms with Crippen molar-refractivity contribution < 1.29 is 22.9 Å². The number of nitro groups is 1. The van der Waals surface area contributed by atoms with Crippen LogP contribution in [0.2, 0.25) is 0 Å². The molecular formula is C17H18N2O6S. The molecule has 0 unspecified atom stereocenters. The summed E-state index contributed by atoms with van der Waals surface area (Å²) in [6, 6.07) is 8.05. The van der Waals surface area contributed by atoms with Gasteiger partial charge in [0.1, 0.15) is 0 Å². The number of nitrogens with zero attached hydrogens (tertiary/aromatic N) is 1. The van der Waals surface area contributed by atoms with Gasteiger partial charge in [0.2, 0.25) is 0 Å². The van der Waals surface area contributed by atoms with Crippen LogP contribution in [0.15, 0.2) is 41.3 Å². The Morgan fingerprint density at radius 1 is 1.19 bits per heavy atom.